The van der Waals surface area contributed by atoms with E-state index in [1.54, 1.807) is 6.08 Å². The molecule has 0 saturated carbocycles. The lowest BCUT2D eigenvalue weighted by Gasteiger charge is -2.09. The molecule has 0 aliphatic carbocycles. The van der Waals surface area contributed by atoms with Gasteiger partial charge < -0.3 is 11.1 Å². The fourth-order valence-electron chi connectivity index (χ4n) is 1.15. The summed E-state index contributed by atoms with van der Waals surface area (Å²) in [6.45, 7) is 3.87. The SMILES string of the molecule is CC(C)NC(N)=NC1C=CS(=O)(=O)C1. The first-order valence-electron chi connectivity index (χ1n) is 4.40. The van der Waals surface area contributed by atoms with Gasteiger partial charge >= 0.3 is 0 Å². The van der Waals surface area contributed by atoms with Crippen LogP contribution in [-0.4, -0.2) is 32.2 Å². The normalized spacial score (nSPS) is 25.6. The summed E-state index contributed by atoms with van der Waals surface area (Å²) in [6.07, 6.45) is 1.55. The number of nitrogens with two attached hydrogens (primary N) is 1. The van der Waals surface area contributed by atoms with Crippen molar-refractivity contribution in [2.24, 2.45) is 10.7 Å². The summed E-state index contributed by atoms with van der Waals surface area (Å²) in [4.78, 5) is 4.03. The highest BCUT2D eigenvalue weighted by Gasteiger charge is 2.21. The van der Waals surface area contributed by atoms with Crippen molar-refractivity contribution < 1.29 is 8.42 Å². The van der Waals surface area contributed by atoms with E-state index in [1.165, 1.54) is 5.41 Å². The molecule has 1 aliphatic heterocycles. The van der Waals surface area contributed by atoms with Gasteiger partial charge in [0.15, 0.2) is 15.8 Å². The second-order valence-corrected chi connectivity index (χ2v) is 5.47. The van der Waals surface area contributed by atoms with Gasteiger partial charge in [-0.25, -0.2) is 13.4 Å². The topological polar surface area (TPSA) is 84.5 Å². The number of hydrogen-bond donors (Lipinski definition) is 2. The number of sulfone groups is 1. The molecule has 0 bridgehead atoms. The smallest absolute Gasteiger partial charge is 0.189 e. The average Bonchev–Trinajstić information content (AvgIpc) is 2.27. The van der Waals surface area contributed by atoms with Gasteiger partial charge in [0.1, 0.15) is 0 Å². The van der Waals surface area contributed by atoms with Crippen molar-refractivity contribution in [2.75, 3.05) is 5.75 Å². The van der Waals surface area contributed by atoms with E-state index in [-0.39, 0.29) is 23.8 Å². The Bertz CT molecular complexity index is 357. The van der Waals surface area contributed by atoms with Crippen molar-refractivity contribution in [3.63, 3.8) is 0 Å². The molecule has 14 heavy (non-hydrogen) atoms. The second kappa shape index (κ2) is 4.00. The van der Waals surface area contributed by atoms with Crippen LogP contribution < -0.4 is 11.1 Å². The molecular weight excluding hydrogens is 202 g/mol. The minimum absolute atomic E-state index is 0.0213. The lowest BCUT2D eigenvalue weighted by molar-refractivity contribution is 0.604. The van der Waals surface area contributed by atoms with E-state index in [0.29, 0.717) is 0 Å². The summed E-state index contributed by atoms with van der Waals surface area (Å²) in [7, 11) is -3.04. The Morgan fingerprint density at radius 2 is 2.29 bits per heavy atom. The maximum atomic E-state index is 11.0. The molecule has 5 nitrogen and oxygen atoms in total. The Morgan fingerprint density at radius 1 is 1.64 bits per heavy atom. The van der Waals surface area contributed by atoms with Gasteiger partial charge in [-0.2, -0.15) is 0 Å². The van der Waals surface area contributed by atoms with E-state index in [9.17, 15) is 8.42 Å². The Kier molecular flexibility index (Phi) is 3.15. The van der Waals surface area contributed by atoms with E-state index in [1.807, 2.05) is 13.8 Å². The summed E-state index contributed by atoms with van der Waals surface area (Å²) in [5.74, 6) is 0.305. The second-order valence-electron chi connectivity index (χ2n) is 3.54. The predicted molar refractivity (Wildman–Crippen MR) is 56.6 cm³/mol. The van der Waals surface area contributed by atoms with Crippen molar-refractivity contribution in [3.05, 3.63) is 11.5 Å². The molecule has 1 aliphatic rings. The minimum atomic E-state index is -3.04. The zero-order chi connectivity index (χ0) is 10.8. The van der Waals surface area contributed by atoms with E-state index < -0.39 is 9.84 Å². The molecule has 0 aromatic heterocycles. The Labute approximate surface area is 84.0 Å². The minimum Gasteiger partial charge on any atom is -0.370 e. The van der Waals surface area contributed by atoms with Crippen LogP contribution in [0.15, 0.2) is 16.5 Å². The van der Waals surface area contributed by atoms with Crippen molar-refractivity contribution >= 4 is 15.8 Å². The number of nitrogens with one attached hydrogen (secondary N) is 1. The van der Waals surface area contributed by atoms with Gasteiger partial charge in [0.05, 0.1) is 11.8 Å². The molecule has 1 unspecified atom stereocenters. The summed E-state index contributed by atoms with van der Waals surface area (Å²) < 4.78 is 22.1. The highest BCUT2D eigenvalue weighted by Crippen LogP contribution is 2.10. The standard InChI is InChI=1S/C8H15N3O2S/c1-6(2)10-8(9)11-7-3-4-14(12,13)5-7/h3-4,6-7H,5H2,1-2H3,(H3,9,10,11). The Morgan fingerprint density at radius 3 is 2.71 bits per heavy atom. The number of guanidine groups is 1. The molecule has 0 radical (unpaired) electrons. The third-order valence-corrected chi connectivity index (χ3v) is 3.03. The van der Waals surface area contributed by atoms with E-state index >= 15 is 0 Å². The molecule has 0 amide bonds. The van der Waals surface area contributed by atoms with Crippen LogP contribution in [0.25, 0.3) is 0 Å². The molecule has 0 aromatic rings. The van der Waals surface area contributed by atoms with Crippen LogP contribution in [0.2, 0.25) is 0 Å². The molecule has 0 fully saturated rings. The fraction of sp³-hybridized carbons (Fsp3) is 0.625. The molecule has 3 N–H and O–H groups in total. The molecule has 1 atom stereocenters. The van der Waals surface area contributed by atoms with Crippen LogP contribution in [0.1, 0.15) is 13.8 Å². The fourth-order valence-corrected chi connectivity index (χ4v) is 2.35. The molecule has 0 saturated heterocycles. The average molecular weight is 217 g/mol. The molecule has 1 heterocycles. The highest BCUT2D eigenvalue weighted by molar-refractivity contribution is 7.94. The molecule has 80 valence electrons. The quantitative estimate of drug-likeness (QED) is 0.487. The van der Waals surface area contributed by atoms with Crippen LogP contribution in [0.5, 0.6) is 0 Å². The van der Waals surface area contributed by atoms with Gasteiger partial charge in [-0.3, -0.25) is 0 Å². The maximum Gasteiger partial charge on any atom is 0.189 e. The molecule has 0 aromatic carbocycles. The number of aliphatic imine (C=N–C) groups is 1. The van der Waals surface area contributed by atoms with Crippen molar-refractivity contribution in [1.82, 2.24) is 5.32 Å². The lowest BCUT2D eigenvalue weighted by Crippen LogP contribution is -2.37. The van der Waals surface area contributed by atoms with Crippen molar-refractivity contribution in [3.8, 4) is 0 Å². The number of hydrogen-bond acceptors (Lipinski definition) is 3. The van der Waals surface area contributed by atoms with Crippen molar-refractivity contribution in [2.45, 2.75) is 25.9 Å². The summed E-state index contributed by atoms with van der Waals surface area (Å²) >= 11 is 0. The number of rotatable bonds is 2. The van der Waals surface area contributed by atoms with Gasteiger partial charge in [0.2, 0.25) is 0 Å². The lowest BCUT2D eigenvalue weighted by atomic mass is 10.3. The van der Waals surface area contributed by atoms with Crippen molar-refractivity contribution in [1.29, 1.82) is 0 Å². The molecule has 0 spiro atoms. The third kappa shape index (κ3) is 3.37. The number of nitrogens with zero attached hydrogens (tertiary/aromatic N) is 1. The van der Waals surface area contributed by atoms with Crippen LogP contribution in [0.4, 0.5) is 0 Å². The summed E-state index contributed by atoms with van der Waals surface area (Å²) in [6, 6.07) is -0.146. The van der Waals surface area contributed by atoms with E-state index in [2.05, 4.69) is 10.3 Å². The third-order valence-electron chi connectivity index (χ3n) is 1.65. The Balaban J connectivity index is 2.59. The zero-order valence-corrected chi connectivity index (χ0v) is 9.08. The monoisotopic (exact) mass is 217 g/mol. The zero-order valence-electron chi connectivity index (χ0n) is 8.27. The van der Waals surface area contributed by atoms with Gasteiger partial charge in [-0.05, 0) is 19.9 Å². The maximum absolute atomic E-state index is 11.0. The van der Waals surface area contributed by atoms with Gasteiger partial charge in [0.25, 0.3) is 0 Å². The highest BCUT2D eigenvalue weighted by atomic mass is 32.2. The molecular formula is C8H15N3O2S. The van der Waals surface area contributed by atoms with Crippen LogP contribution in [-0.2, 0) is 9.84 Å². The van der Waals surface area contributed by atoms with E-state index in [0.717, 1.165) is 0 Å². The van der Waals surface area contributed by atoms with Crippen LogP contribution >= 0.6 is 0 Å². The Hall–Kier alpha value is -1.04. The first-order chi connectivity index (χ1) is 6.39. The molecule has 6 heteroatoms. The largest absolute Gasteiger partial charge is 0.370 e. The molecule has 1 rings (SSSR count). The van der Waals surface area contributed by atoms with Crippen LogP contribution in [0.3, 0.4) is 0 Å². The predicted octanol–water partition coefficient (Wildman–Crippen LogP) is -0.390. The van der Waals surface area contributed by atoms with E-state index in [4.69, 9.17) is 5.73 Å². The first-order valence-corrected chi connectivity index (χ1v) is 6.11. The van der Waals surface area contributed by atoms with Gasteiger partial charge in [-0.1, -0.05) is 0 Å². The summed E-state index contributed by atoms with van der Waals surface area (Å²) in [5.41, 5.74) is 5.55. The first kappa shape index (κ1) is 11.0. The summed E-state index contributed by atoms with van der Waals surface area (Å²) in [5, 5.41) is 4.08. The van der Waals surface area contributed by atoms with Gasteiger partial charge in [-0.15, -0.1) is 0 Å². The van der Waals surface area contributed by atoms with Gasteiger partial charge in [0, 0.05) is 11.4 Å². The van der Waals surface area contributed by atoms with Crippen LogP contribution in [0, 0.1) is 0 Å².